The second-order valence-corrected chi connectivity index (χ2v) is 7.42. The number of likely N-dealkylation sites (N-methyl/N-ethyl adjacent to an activating group) is 1. The zero-order valence-corrected chi connectivity index (χ0v) is 19.6. The first-order valence-electron chi connectivity index (χ1n) is 10.5. The number of esters is 1. The number of aromatic nitrogens is 4. The lowest BCUT2D eigenvalue weighted by atomic mass is 10.2. The maximum Gasteiger partial charge on any atom is 0.417 e. The molecule has 0 aliphatic carbocycles. The topological polar surface area (TPSA) is 141 Å². The predicted molar refractivity (Wildman–Crippen MR) is 122 cm³/mol. The van der Waals surface area contributed by atoms with E-state index in [1.807, 2.05) is 0 Å². The SMILES string of the molecule is CNCC(=O)OCc1cccnc1N(C)C(=O)OCn1nc(F)c(C(=O)Nc2ccc(C)cc2F)n1. The van der Waals surface area contributed by atoms with E-state index in [2.05, 4.69) is 25.8 Å². The fraction of sp³-hybridized carbons (Fsp3) is 0.273. The van der Waals surface area contributed by atoms with Crippen molar-refractivity contribution in [2.45, 2.75) is 20.3 Å². The molecule has 3 rings (SSSR count). The first kappa shape index (κ1) is 26.2. The molecule has 0 aliphatic heterocycles. The van der Waals surface area contributed by atoms with Gasteiger partial charge in [-0.1, -0.05) is 12.1 Å². The van der Waals surface area contributed by atoms with E-state index in [4.69, 9.17) is 9.47 Å². The average molecular weight is 503 g/mol. The molecule has 0 saturated heterocycles. The average Bonchev–Trinajstić information content (AvgIpc) is 3.23. The number of carbonyl (C=O) groups excluding carboxylic acids is 3. The summed E-state index contributed by atoms with van der Waals surface area (Å²) in [5.41, 5.74) is 0.208. The third-order valence-corrected chi connectivity index (χ3v) is 4.67. The Hall–Kier alpha value is -4.46. The van der Waals surface area contributed by atoms with Crippen LogP contribution in [-0.2, 0) is 27.6 Å². The molecule has 12 nitrogen and oxygen atoms in total. The van der Waals surface area contributed by atoms with Crippen molar-refractivity contribution in [3.05, 3.63) is 65.1 Å². The van der Waals surface area contributed by atoms with Crippen LogP contribution in [0.5, 0.6) is 0 Å². The molecule has 190 valence electrons. The van der Waals surface area contributed by atoms with E-state index in [0.29, 0.717) is 15.9 Å². The number of anilines is 2. The third kappa shape index (κ3) is 6.56. The number of amides is 2. The molecular formula is C22H23F2N7O5. The van der Waals surface area contributed by atoms with Gasteiger partial charge in [-0.25, -0.2) is 14.2 Å². The van der Waals surface area contributed by atoms with E-state index < -0.39 is 42.2 Å². The summed E-state index contributed by atoms with van der Waals surface area (Å²) in [5, 5.41) is 11.9. The highest BCUT2D eigenvalue weighted by molar-refractivity contribution is 6.02. The number of benzene rings is 1. The Labute approximate surface area is 204 Å². The van der Waals surface area contributed by atoms with E-state index >= 15 is 0 Å². The van der Waals surface area contributed by atoms with Crippen LogP contribution in [0.1, 0.15) is 21.6 Å². The molecule has 0 radical (unpaired) electrons. The summed E-state index contributed by atoms with van der Waals surface area (Å²) in [4.78, 5) is 42.2. The molecule has 1 aromatic carbocycles. The fourth-order valence-electron chi connectivity index (χ4n) is 2.92. The highest BCUT2D eigenvalue weighted by Crippen LogP contribution is 2.19. The van der Waals surface area contributed by atoms with Gasteiger partial charge < -0.3 is 20.1 Å². The van der Waals surface area contributed by atoms with Gasteiger partial charge in [0.05, 0.1) is 12.2 Å². The van der Waals surface area contributed by atoms with Crippen molar-refractivity contribution >= 4 is 29.5 Å². The normalized spacial score (nSPS) is 10.6. The molecule has 2 N–H and O–H groups in total. The number of pyridine rings is 1. The first-order valence-corrected chi connectivity index (χ1v) is 10.5. The van der Waals surface area contributed by atoms with Crippen molar-refractivity contribution in [1.29, 1.82) is 0 Å². The molecule has 36 heavy (non-hydrogen) atoms. The van der Waals surface area contributed by atoms with Gasteiger partial charge in [0.25, 0.3) is 11.9 Å². The van der Waals surface area contributed by atoms with Crippen molar-refractivity contribution in [2.24, 2.45) is 0 Å². The lowest BCUT2D eigenvalue weighted by Gasteiger charge is -2.18. The molecular weight excluding hydrogens is 480 g/mol. The van der Waals surface area contributed by atoms with E-state index in [1.54, 1.807) is 32.2 Å². The summed E-state index contributed by atoms with van der Waals surface area (Å²) >= 11 is 0. The fourth-order valence-corrected chi connectivity index (χ4v) is 2.92. The van der Waals surface area contributed by atoms with Crippen LogP contribution in [0.25, 0.3) is 0 Å². The Balaban J connectivity index is 1.62. The lowest BCUT2D eigenvalue weighted by Crippen LogP contribution is -2.30. The molecule has 0 spiro atoms. The zero-order valence-electron chi connectivity index (χ0n) is 19.6. The molecule has 0 atom stereocenters. The largest absolute Gasteiger partial charge is 0.460 e. The predicted octanol–water partition coefficient (Wildman–Crippen LogP) is 2.01. The van der Waals surface area contributed by atoms with E-state index in [1.165, 1.54) is 25.4 Å². The summed E-state index contributed by atoms with van der Waals surface area (Å²) in [5.74, 6) is -3.29. The second kappa shape index (κ2) is 11.8. The summed E-state index contributed by atoms with van der Waals surface area (Å²) in [6.45, 7) is 0.924. The summed E-state index contributed by atoms with van der Waals surface area (Å²) in [6, 6.07) is 7.33. The van der Waals surface area contributed by atoms with Crippen LogP contribution in [0.15, 0.2) is 36.5 Å². The zero-order chi connectivity index (χ0) is 26.2. The Morgan fingerprint density at radius 1 is 1.14 bits per heavy atom. The molecule has 2 amide bonds. The van der Waals surface area contributed by atoms with E-state index in [-0.39, 0.29) is 24.7 Å². The Kier molecular flexibility index (Phi) is 8.57. The van der Waals surface area contributed by atoms with Crippen LogP contribution in [-0.4, -0.2) is 58.6 Å². The van der Waals surface area contributed by atoms with Crippen molar-refractivity contribution in [3.63, 3.8) is 0 Å². The number of carbonyl (C=O) groups is 3. The minimum Gasteiger partial charge on any atom is -0.460 e. The molecule has 3 aromatic rings. The highest BCUT2D eigenvalue weighted by Gasteiger charge is 2.22. The highest BCUT2D eigenvalue weighted by atomic mass is 19.1. The minimum absolute atomic E-state index is 0.0148. The third-order valence-electron chi connectivity index (χ3n) is 4.67. The maximum absolute atomic E-state index is 14.2. The number of halogens is 2. The van der Waals surface area contributed by atoms with Crippen molar-refractivity contribution in [3.8, 4) is 0 Å². The number of hydrogen-bond donors (Lipinski definition) is 2. The van der Waals surface area contributed by atoms with Crippen LogP contribution in [0, 0.1) is 18.7 Å². The standard InChI is InChI=1S/C22H23F2N7O5/c1-13-6-7-16(15(23)9-13)27-21(33)18-19(24)29-31(28-18)12-36-22(34)30(3)20-14(5-4-8-26-20)11-35-17(32)10-25-2/h4-9,25H,10-12H2,1-3H3,(H,27,33). The molecule has 0 bridgehead atoms. The van der Waals surface area contributed by atoms with Crippen LogP contribution in [0.3, 0.4) is 0 Å². The second-order valence-electron chi connectivity index (χ2n) is 7.42. The smallest absolute Gasteiger partial charge is 0.417 e. The van der Waals surface area contributed by atoms with Gasteiger partial charge in [-0.05, 0) is 37.7 Å². The van der Waals surface area contributed by atoms with Crippen LogP contribution >= 0.6 is 0 Å². The summed E-state index contributed by atoms with van der Waals surface area (Å²) in [7, 11) is 2.97. The number of nitrogens with one attached hydrogen (secondary N) is 2. The van der Waals surface area contributed by atoms with Crippen LogP contribution in [0.4, 0.5) is 25.1 Å². The number of ether oxygens (including phenoxy) is 2. The minimum atomic E-state index is -1.24. The van der Waals surface area contributed by atoms with E-state index in [9.17, 15) is 23.2 Å². The lowest BCUT2D eigenvalue weighted by molar-refractivity contribution is -0.143. The first-order chi connectivity index (χ1) is 17.2. The van der Waals surface area contributed by atoms with Crippen molar-refractivity contribution < 1.29 is 32.6 Å². The van der Waals surface area contributed by atoms with Crippen molar-refractivity contribution in [1.82, 2.24) is 25.3 Å². The molecule has 0 unspecified atom stereocenters. The Morgan fingerprint density at radius 2 is 1.92 bits per heavy atom. The molecule has 0 saturated carbocycles. The molecule has 14 heteroatoms. The molecule has 0 aliphatic rings. The Morgan fingerprint density at radius 3 is 2.64 bits per heavy atom. The number of hydrogen-bond acceptors (Lipinski definition) is 9. The molecule has 2 heterocycles. The van der Waals surface area contributed by atoms with Gasteiger partial charge in [-0.15, -0.1) is 15.0 Å². The van der Waals surface area contributed by atoms with Gasteiger partial charge in [0.15, 0.2) is 0 Å². The van der Waals surface area contributed by atoms with Crippen LogP contribution in [0.2, 0.25) is 0 Å². The van der Waals surface area contributed by atoms with E-state index in [0.717, 1.165) is 4.90 Å². The van der Waals surface area contributed by atoms with Crippen molar-refractivity contribution in [2.75, 3.05) is 30.9 Å². The summed E-state index contributed by atoms with van der Waals surface area (Å²) < 4.78 is 38.3. The number of aryl methyl sites for hydroxylation is 1. The monoisotopic (exact) mass is 503 g/mol. The van der Waals surface area contributed by atoms with Gasteiger partial charge in [-0.2, -0.15) is 4.39 Å². The Bertz CT molecular complexity index is 1270. The van der Waals surface area contributed by atoms with Crippen LogP contribution < -0.4 is 15.5 Å². The quantitative estimate of drug-likeness (QED) is 0.420. The van der Waals surface area contributed by atoms with Gasteiger partial charge >= 0.3 is 12.1 Å². The number of rotatable bonds is 9. The summed E-state index contributed by atoms with van der Waals surface area (Å²) in [6.07, 6.45) is 0.534. The van der Waals surface area contributed by atoms with Gasteiger partial charge in [0, 0.05) is 18.8 Å². The molecule has 0 fully saturated rings. The van der Waals surface area contributed by atoms with Gasteiger partial charge in [0.1, 0.15) is 18.2 Å². The maximum atomic E-state index is 14.2. The number of nitrogens with zero attached hydrogens (tertiary/aromatic N) is 5. The molecule has 2 aromatic heterocycles. The van der Waals surface area contributed by atoms with Gasteiger partial charge in [0.2, 0.25) is 12.4 Å². The van der Waals surface area contributed by atoms with Gasteiger partial charge in [-0.3, -0.25) is 14.5 Å².